The molecule has 0 saturated heterocycles. The van der Waals surface area contributed by atoms with Crippen LogP contribution in [0.15, 0.2) is 94.8 Å². The Morgan fingerprint density at radius 3 is 2.21 bits per heavy atom. The molecule has 5 rings (SSSR count). The second kappa shape index (κ2) is 12.9. The van der Waals surface area contributed by atoms with Crippen molar-refractivity contribution in [1.29, 1.82) is 0 Å². The number of aromatic nitrogens is 2. The number of ether oxygens (including phenoxy) is 5. The zero-order valence-electron chi connectivity index (χ0n) is 24.1. The van der Waals surface area contributed by atoms with Gasteiger partial charge in [0.2, 0.25) is 5.75 Å². The zero-order chi connectivity index (χ0) is 30.3. The van der Waals surface area contributed by atoms with Gasteiger partial charge in [0.15, 0.2) is 28.8 Å². The fourth-order valence-corrected chi connectivity index (χ4v) is 4.44. The molecule has 43 heavy (non-hydrogen) atoms. The van der Waals surface area contributed by atoms with E-state index in [1.807, 2.05) is 43.3 Å². The second-order valence-corrected chi connectivity index (χ2v) is 9.12. The molecule has 0 radical (unpaired) electrons. The van der Waals surface area contributed by atoms with E-state index in [1.54, 1.807) is 36.4 Å². The third-order valence-corrected chi connectivity index (χ3v) is 6.48. The van der Waals surface area contributed by atoms with Crippen molar-refractivity contribution in [2.75, 3.05) is 27.9 Å². The van der Waals surface area contributed by atoms with E-state index in [4.69, 9.17) is 28.7 Å². The summed E-state index contributed by atoms with van der Waals surface area (Å²) in [4.78, 5) is 31.3. The molecule has 4 aromatic carbocycles. The van der Waals surface area contributed by atoms with Crippen LogP contribution >= 0.6 is 0 Å². The molecule has 10 nitrogen and oxygen atoms in total. The summed E-state index contributed by atoms with van der Waals surface area (Å²) in [5, 5.41) is 4.96. The first-order chi connectivity index (χ1) is 21.0. The number of benzene rings is 4. The highest BCUT2D eigenvalue weighted by Crippen LogP contribution is 2.39. The summed E-state index contributed by atoms with van der Waals surface area (Å²) in [6.45, 7) is 2.14. The minimum atomic E-state index is -0.650. The monoisotopic (exact) mass is 579 g/mol. The van der Waals surface area contributed by atoms with Crippen LogP contribution in [0.3, 0.4) is 0 Å². The maximum Gasteiger partial charge on any atom is 0.343 e. The predicted molar refractivity (Wildman–Crippen MR) is 163 cm³/mol. The first kappa shape index (κ1) is 28.9. The first-order valence-electron chi connectivity index (χ1n) is 13.4. The van der Waals surface area contributed by atoms with Gasteiger partial charge in [0.05, 0.1) is 50.6 Å². The average molecular weight is 580 g/mol. The van der Waals surface area contributed by atoms with E-state index in [1.165, 1.54) is 44.4 Å². The summed E-state index contributed by atoms with van der Waals surface area (Å²) in [6.07, 6.45) is 1.53. The highest BCUT2D eigenvalue weighted by Gasteiger charge is 2.20. The number of carbonyl (C=O) groups is 1. The smallest absolute Gasteiger partial charge is 0.343 e. The largest absolute Gasteiger partial charge is 0.493 e. The zero-order valence-corrected chi connectivity index (χ0v) is 24.1. The lowest BCUT2D eigenvalue weighted by Crippen LogP contribution is -2.20. The minimum Gasteiger partial charge on any atom is -0.493 e. The van der Waals surface area contributed by atoms with Crippen LogP contribution < -0.4 is 29.2 Å². The molecule has 1 aromatic heterocycles. The van der Waals surface area contributed by atoms with Gasteiger partial charge in [0, 0.05) is 5.56 Å². The highest BCUT2D eigenvalue weighted by atomic mass is 16.6. The van der Waals surface area contributed by atoms with Crippen molar-refractivity contribution < 1.29 is 28.5 Å². The van der Waals surface area contributed by atoms with Crippen molar-refractivity contribution in [3.05, 3.63) is 106 Å². The van der Waals surface area contributed by atoms with Crippen molar-refractivity contribution in [2.45, 2.75) is 6.92 Å². The van der Waals surface area contributed by atoms with E-state index in [-0.39, 0.29) is 16.9 Å². The maximum absolute atomic E-state index is 13.5. The van der Waals surface area contributed by atoms with E-state index >= 15 is 0 Å². The highest BCUT2D eigenvalue weighted by molar-refractivity contribution is 5.93. The number of rotatable bonds is 10. The summed E-state index contributed by atoms with van der Waals surface area (Å²) >= 11 is 0. The number of fused-ring (bicyclic) bond motifs is 1. The van der Waals surface area contributed by atoms with Crippen LogP contribution in [0.5, 0.6) is 28.7 Å². The van der Waals surface area contributed by atoms with E-state index in [0.717, 1.165) is 5.56 Å². The van der Waals surface area contributed by atoms with E-state index in [9.17, 15) is 9.59 Å². The molecule has 0 amide bonds. The van der Waals surface area contributed by atoms with Gasteiger partial charge in [-0.15, -0.1) is 0 Å². The Morgan fingerprint density at radius 1 is 0.837 bits per heavy atom. The minimum absolute atomic E-state index is 0.194. The Labute approximate surface area is 247 Å². The maximum atomic E-state index is 13.5. The van der Waals surface area contributed by atoms with Crippen molar-refractivity contribution >= 4 is 23.1 Å². The quantitative estimate of drug-likeness (QED) is 0.120. The SMILES string of the molecule is CCOc1cc(C=Nn2c(-c3ccccc3)nc3ccccc3c2=O)ccc1OC(=O)c1cc(OC)c(OC)c(OC)c1. The number of hydrogen-bond donors (Lipinski definition) is 0. The molecule has 0 unspecified atom stereocenters. The molecule has 0 aliphatic carbocycles. The molecule has 0 fully saturated rings. The molecule has 1 heterocycles. The summed E-state index contributed by atoms with van der Waals surface area (Å²) in [7, 11) is 4.41. The molecular formula is C33H29N3O7. The molecule has 0 aliphatic heterocycles. The van der Waals surface area contributed by atoms with Gasteiger partial charge in [-0.25, -0.2) is 9.78 Å². The van der Waals surface area contributed by atoms with E-state index in [2.05, 4.69) is 5.10 Å². The molecule has 10 heteroatoms. The van der Waals surface area contributed by atoms with E-state index in [0.29, 0.717) is 51.9 Å². The number of esters is 1. The fraction of sp³-hybridized carbons (Fsp3) is 0.152. The molecule has 0 spiro atoms. The van der Waals surface area contributed by atoms with Crippen LogP contribution in [0.4, 0.5) is 0 Å². The van der Waals surface area contributed by atoms with Crippen molar-refractivity contribution in [2.24, 2.45) is 5.10 Å². The molecule has 0 bridgehead atoms. The number of carbonyl (C=O) groups excluding carboxylic acids is 1. The summed E-state index contributed by atoms with van der Waals surface area (Å²) in [6, 6.07) is 24.5. The Bertz CT molecular complexity index is 1840. The molecule has 0 N–H and O–H groups in total. The lowest BCUT2D eigenvalue weighted by Gasteiger charge is -2.15. The molecule has 0 aliphatic rings. The van der Waals surface area contributed by atoms with Crippen molar-refractivity contribution in [3.8, 4) is 40.1 Å². The summed E-state index contributed by atoms with van der Waals surface area (Å²) in [5.41, 5.74) is 1.82. The van der Waals surface area contributed by atoms with Gasteiger partial charge < -0.3 is 23.7 Å². The van der Waals surface area contributed by atoms with Gasteiger partial charge in [-0.3, -0.25) is 4.79 Å². The van der Waals surface area contributed by atoms with Crippen LogP contribution in [0.25, 0.3) is 22.3 Å². The normalized spacial score (nSPS) is 11.0. The third kappa shape index (κ3) is 6.03. The summed E-state index contributed by atoms with van der Waals surface area (Å²) in [5.74, 6) is 1.27. The molecule has 218 valence electrons. The van der Waals surface area contributed by atoms with Crippen LogP contribution in [0, 0.1) is 0 Å². The van der Waals surface area contributed by atoms with Crippen molar-refractivity contribution in [3.63, 3.8) is 0 Å². The first-order valence-corrected chi connectivity index (χ1v) is 13.4. The van der Waals surface area contributed by atoms with Gasteiger partial charge >= 0.3 is 5.97 Å². The predicted octanol–water partition coefficient (Wildman–Crippen LogP) is 5.59. The Hall–Kier alpha value is -5.64. The molecule has 0 atom stereocenters. The Morgan fingerprint density at radius 2 is 1.53 bits per heavy atom. The van der Waals surface area contributed by atoms with E-state index < -0.39 is 5.97 Å². The van der Waals surface area contributed by atoms with Gasteiger partial charge in [-0.1, -0.05) is 42.5 Å². The third-order valence-electron chi connectivity index (χ3n) is 6.48. The average Bonchev–Trinajstić information content (AvgIpc) is 3.05. The van der Waals surface area contributed by atoms with Crippen LogP contribution in [0.2, 0.25) is 0 Å². The van der Waals surface area contributed by atoms with Gasteiger partial charge in [0.25, 0.3) is 5.56 Å². The number of methoxy groups -OCH3 is 3. The van der Waals surface area contributed by atoms with Crippen molar-refractivity contribution in [1.82, 2.24) is 9.66 Å². The van der Waals surface area contributed by atoms with Gasteiger partial charge in [-0.05, 0) is 55.0 Å². The molecule has 0 saturated carbocycles. The number of nitrogens with zero attached hydrogens (tertiary/aromatic N) is 3. The lowest BCUT2D eigenvalue weighted by atomic mass is 10.1. The Balaban J connectivity index is 1.49. The van der Waals surface area contributed by atoms with Gasteiger partial charge in [0.1, 0.15) is 0 Å². The standard InChI is InChI=1S/C33H29N3O7/c1-5-42-27-17-21(15-16-26(27)43-33(38)23-18-28(39-2)30(41-4)29(19-23)40-3)20-34-36-31(22-11-7-6-8-12-22)35-25-14-10-9-13-24(25)32(36)37/h6-20H,5H2,1-4H3. The lowest BCUT2D eigenvalue weighted by molar-refractivity contribution is 0.0727. The molecule has 5 aromatic rings. The van der Waals surface area contributed by atoms with Crippen LogP contribution in [0.1, 0.15) is 22.8 Å². The summed E-state index contributed by atoms with van der Waals surface area (Å²) < 4.78 is 28.8. The number of hydrogen-bond acceptors (Lipinski definition) is 9. The van der Waals surface area contributed by atoms with Crippen LogP contribution in [-0.4, -0.2) is 49.8 Å². The van der Waals surface area contributed by atoms with Gasteiger partial charge in [-0.2, -0.15) is 9.78 Å². The Kier molecular flexibility index (Phi) is 8.66. The number of para-hydroxylation sites is 1. The topological polar surface area (TPSA) is 110 Å². The fourth-order valence-electron chi connectivity index (χ4n) is 4.44. The van der Waals surface area contributed by atoms with Crippen LogP contribution in [-0.2, 0) is 0 Å². The molecular weight excluding hydrogens is 550 g/mol. The second-order valence-electron chi connectivity index (χ2n) is 9.12.